The first-order valence-corrected chi connectivity index (χ1v) is 7.29. The van der Waals surface area contributed by atoms with E-state index in [4.69, 9.17) is 9.26 Å². The summed E-state index contributed by atoms with van der Waals surface area (Å²) in [5, 5.41) is 11.1. The SMILES string of the molecule is C[C@@H]1CN(C)C[C@H](c2nc(-c3n[nH]c(C4CC4)n3)no2)O1. The van der Waals surface area contributed by atoms with Crippen LogP contribution in [0.2, 0.25) is 0 Å². The Balaban J connectivity index is 1.54. The lowest BCUT2D eigenvalue weighted by atomic mass is 10.2. The number of rotatable bonds is 3. The van der Waals surface area contributed by atoms with Gasteiger partial charge in [0.05, 0.1) is 6.10 Å². The van der Waals surface area contributed by atoms with E-state index in [0.29, 0.717) is 23.5 Å². The molecule has 3 heterocycles. The molecule has 1 saturated heterocycles. The number of ether oxygens (including phenoxy) is 1. The van der Waals surface area contributed by atoms with Gasteiger partial charge in [-0.05, 0) is 26.8 Å². The van der Waals surface area contributed by atoms with E-state index in [1.165, 1.54) is 12.8 Å². The Hall–Kier alpha value is -1.80. The number of aromatic amines is 1. The topological polar surface area (TPSA) is 93.0 Å². The molecule has 0 bridgehead atoms. The molecule has 8 heteroatoms. The van der Waals surface area contributed by atoms with Gasteiger partial charge in [0.15, 0.2) is 0 Å². The summed E-state index contributed by atoms with van der Waals surface area (Å²) in [6, 6.07) is 0. The summed E-state index contributed by atoms with van der Waals surface area (Å²) < 4.78 is 11.2. The van der Waals surface area contributed by atoms with E-state index in [-0.39, 0.29) is 12.2 Å². The van der Waals surface area contributed by atoms with Gasteiger partial charge in [-0.3, -0.25) is 5.10 Å². The lowest BCUT2D eigenvalue weighted by molar-refractivity contribution is -0.0838. The predicted molar refractivity (Wildman–Crippen MR) is 72.4 cm³/mol. The van der Waals surface area contributed by atoms with Crippen LogP contribution in [0.25, 0.3) is 11.6 Å². The summed E-state index contributed by atoms with van der Waals surface area (Å²) in [6.45, 7) is 3.69. The number of likely N-dealkylation sites (N-methyl/N-ethyl adjacent to an activating group) is 1. The van der Waals surface area contributed by atoms with E-state index in [9.17, 15) is 0 Å². The van der Waals surface area contributed by atoms with Crippen LogP contribution in [0.5, 0.6) is 0 Å². The number of aromatic nitrogens is 5. The average Bonchev–Trinajstić information content (AvgIpc) is 3.00. The third-order valence-corrected chi connectivity index (χ3v) is 3.83. The van der Waals surface area contributed by atoms with Crippen molar-refractivity contribution in [1.82, 2.24) is 30.2 Å². The largest absolute Gasteiger partial charge is 0.363 e. The van der Waals surface area contributed by atoms with Crippen LogP contribution in [0, 0.1) is 0 Å². The zero-order valence-corrected chi connectivity index (χ0v) is 12.1. The fraction of sp³-hybridized carbons (Fsp3) is 0.692. The van der Waals surface area contributed by atoms with Gasteiger partial charge in [0.1, 0.15) is 11.9 Å². The molecule has 0 amide bonds. The molecule has 1 N–H and O–H groups in total. The molecule has 2 aromatic rings. The monoisotopic (exact) mass is 290 g/mol. The molecule has 112 valence electrons. The highest BCUT2D eigenvalue weighted by atomic mass is 16.5. The predicted octanol–water partition coefficient (Wildman–Crippen LogP) is 1.12. The quantitative estimate of drug-likeness (QED) is 0.905. The molecule has 1 saturated carbocycles. The van der Waals surface area contributed by atoms with Gasteiger partial charge in [-0.25, -0.2) is 4.98 Å². The number of H-pyrrole nitrogens is 1. The first-order valence-electron chi connectivity index (χ1n) is 7.29. The number of nitrogens with zero attached hydrogens (tertiary/aromatic N) is 5. The minimum Gasteiger partial charge on any atom is -0.363 e. The number of nitrogens with one attached hydrogen (secondary N) is 1. The molecule has 2 aromatic heterocycles. The van der Waals surface area contributed by atoms with E-state index < -0.39 is 0 Å². The lowest BCUT2D eigenvalue weighted by Gasteiger charge is -2.32. The lowest BCUT2D eigenvalue weighted by Crippen LogP contribution is -2.40. The highest BCUT2D eigenvalue weighted by Crippen LogP contribution is 2.38. The Labute approximate surface area is 121 Å². The number of morpholine rings is 1. The Bertz CT molecular complexity index is 624. The Morgan fingerprint density at radius 1 is 1.19 bits per heavy atom. The third-order valence-electron chi connectivity index (χ3n) is 3.83. The van der Waals surface area contributed by atoms with Crippen LogP contribution >= 0.6 is 0 Å². The molecule has 0 spiro atoms. The highest BCUT2D eigenvalue weighted by molar-refractivity contribution is 5.41. The van der Waals surface area contributed by atoms with Crippen LogP contribution < -0.4 is 0 Å². The molecule has 4 rings (SSSR count). The summed E-state index contributed by atoms with van der Waals surface area (Å²) in [5.41, 5.74) is 0. The van der Waals surface area contributed by atoms with Gasteiger partial charge in [-0.2, -0.15) is 4.98 Å². The molecule has 8 nitrogen and oxygen atoms in total. The van der Waals surface area contributed by atoms with Gasteiger partial charge in [-0.1, -0.05) is 5.16 Å². The maximum atomic E-state index is 5.86. The van der Waals surface area contributed by atoms with Gasteiger partial charge < -0.3 is 14.2 Å². The summed E-state index contributed by atoms with van der Waals surface area (Å²) in [5.74, 6) is 2.83. The van der Waals surface area contributed by atoms with E-state index in [2.05, 4.69) is 37.3 Å². The van der Waals surface area contributed by atoms with Gasteiger partial charge >= 0.3 is 0 Å². The van der Waals surface area contributed by atoms with Gasteiger partial charge in [-0.15, -0.1) is 5.10 Å². The minimum atomic E-state index is -0.193. The normalized spacial score (nSPS) is 27.1. The average molecular weight is 290 g/mol. The van der Waals surface area contributed by atoms with E-state index in [0.717, 1.165) is 18.9 Å². The van der Waals surface area contributed by atoms with E-state index >= 15 is 0 Å². The molecule has 2 fully saturated rings. The Morgan fingerprint density at radius 2 is 2.05 bits per heavy atom. The standard InChI is InChI=1S/C13H18N6O2/c1-7-5-19(2)6-9(20-7)13-15-12(18-21-13)11-14-10(16-17-11)8-3-4-8/h7-9H,3-6H2,1-2H3,(H,14,16,17)/t7-,9-/m1/s1. The minimum absolute atomic E-state index is 0.147. The third kappa shape index (κ3) is 2.56. The Morgan fingerprint density at radius 3 is 2.81 bits per heavy atom. The summed E-state index contributed by atoms with van der Waals surface area (Å²) in [7, 11) is 2.06. The fourth-order valence-electron chi connectivity index (χ4n) is 2.67. The summed E-state index contributed by atoms with van der Waals surface area (Å²) in [4.78, 5) is 11.0. The van der Waals surface area contributed by atoms with Crippen molar-refractivity contribution in [2.75, 3.05) is 20.1 Å². The van der Waals surface area contributed by atoms with Crippen molar-refractivity contribution in [3.8, 4) is 11.6 Å². The zero-order chi connectivity index (χ0) is 14.4. The molecular formula is C13H18N6O2. The van der Waals surface area contributed by atoms with Crippen LogP contribution in [0.3, 0.4) is 0 Å². The molecule has 21 heavy (non-hydrogen) atoms. The maximum Gasteiger partial charge on any atom is 0.257 e. The second-order valence-electron chi connectivity index (χ2n) is 5.93. The Kier molecular flexibility index (Phi) is 3.00. The van der Waals surface area contributed by atoms with Crippen LogP contribution in [0.1, 0.15) is 43.5 Å². The molecule has 2 aliphatic rings. The molecular weight excluding hydrogens is 272 g/mol. The zero-order valence-electron chi connectivity index (χ0n) is 12.1. The summed E-state index contributed by atoms with van der Waals surface area (Å²) in [6.07, 6.45) is 2.30. The fourth-order valence-corrected chi connectivity index (χ4v) is 2.67. The van der Waals surface area contributed by atoms with Crippen molar-refractivity contribution in [3.63, 3.8) is 0 Å². The van der Waals surface area contributed by atoms with Gasteiger partial charge in [0, 0.05) is 19.0 Å². The molecule has 0 radical (unpaired) electrons. The highest BCUT2D eigenvalue weighted by Gasteiger charge is 2.31. The molecule has 1 aliphatic carbocycles. The van der Waals surface area contributed by atoms with Crippen molar-refractivity contribution < 1.29 is 9.26 Å². The summed E-state index contributed by atoms with van der Waals surface area (Å²) >= 11 is 0. The maximum absolute atomic E-state index is 5.86. The van der Waals surface area contributed by atoms with Crippen molar-refractivity contribution in [1.29, 1.82) is 0 Å². The first kappa shape index (κ1) is 12.9. The van der Waals surface area contributed by atoms with Crippen molar-refractivity contribution in [3.05, 3.63) is 11.7 Å². The van der Waals surface area contributed by atoms with Crippen LogP contribution in [-0.4, -0.2) is 56.5 Å². The molecule has 0 aromatic carbocycles. The first-order chi connectivity index (χ1) is 10.2. The molecule has 1 aliphatic heterocycles. The van der Waals surface area contributed by atoms with Crippen molar-refractivity contribution >= 4 is 0 Å². The van der Waals surface area contributed by atoms with Crippen LogP contribution in [0.4, 0.5) is 0 Å². The molecule has 2 atom stereocenters. The van der Waals surface area contributed by atoms with Gasteiger partial charge in [0.2, 0.25) is 11.6 Å². The van der Waals surface area contributed by atoms with Crippen LogP contribution in [-0.2, 0) is 4.74 Å². The second-order valence-corrected chi connectivity index (χ2v) is 5.93. The van der Waals surface area contributed by atoms with Crippen molar-refractivity contribution in [2.45, 2.75) is 37.9 Å². The van der Waals surface area contributed by atoms with Gasteiger partial charge in [0.25, 0.3) is 5.89 Å². The number of hydrogen-bond acceptors (Lipinski definition) is 7. The van der Waals surface area contributed by atoms with Crippen molar-refractivity contribution in [2.24, 2.45) is 0 Å². The smallest absolute Gasteiger partial charge is 0.257 e. The molecule has 0 unspecified atom stereocenters. The van der Waals surface area contributed by atoms with Crippen LogP contribution in [0.15, 0.2) is 4.52 Å². The van der Waals surface area contributed by atoms with E-state index in [1.807, 2.05) is 6.92 Å². The second kappa shape index (κ2) is 4.88. The van der Waals surface area contributed by atoms with E-state index in [1.54, 1.807) is 0 Å². The number of hydrogen-bond donors (Lipinski definition) is 1.